The van der Waals surface area contributed by atoms with Crippen LogP contribution in [-0.4, -0.2) is 40.1 Å². The molecule has 0 spiro atoms. The van der Waals surface area contributed by atoms with Crippen LogP contribution in [0.3, 0.4) is 0 Å². The standard InChI is InChI=1S/C15H20BrN3O3/c1-15(2,3)22-14(21)19-8-4-5-11(19)13(20)18-12-7-6-10(16)9-17-12/h6-7,9,11H,4-5,8H2,1-3H3,(H,17,18,20)/t11-/m1/s1. The lowest BCUT2D eigenvalue weighted by Crippen LogP contribution is -2.45. The molecular formula is C15H20BrN3O3. The summed E-state index contributed by atoms with van der Waals surface area (Å²) >= 11 is 3.29. The van der Waals surface area contributed by atoms with Crippen molar-refractivity contribution in [2.24, 2.45) is 0 Å². The highest BCUT2D eigenvalue weighted by molar-refractivity contribution is 9.10. The van der Waals surface area contributed by atoms with Crippen molar-refractivity contribution in [2.45, 2.75) is 45.3 Å². The molecule has 2 heterocycles. The van der Waals surface area contributed by atoms with Gasteiger partial charge in [0.05, 0.1) is 0 Å². The van der Waals surface area contributed by atoms with Crippen molar-refractivity contribution < 1.29 is 14.3 Å². The molecule has 0 bridgehead atoms. The summed E-state index contributed by atoms with van der Waals surface area (Å²) in [6, 6.07) is 2.98. The Morgan fingerprint density at radius 3 is 2.73 bits per heavy atom. The number of carbonyl (C=O) groups excluding carboxylic acids is 2. The van der Waals surface area contributed by atoms with E-state index in [1.165, 1.54) is 4.90 Å². The number of halogens is 1. The minimum Gasteiger partial charge on any atom is -0.444 e. The number of nitrogens with zero attached hydrogens (tertiary/aromatic N) is 2. The van der Waals surface area contributed by atoms with E-state index >= 15 is 0 Å². The van der Waals surface area contributed by atoms with Crippen molar-refractivity contribution in [3.05, 3.63) is 22.8 Å². The van der Waals surface area contributed by atoms with E-state index in [9.17, 15) is 9.59 Å². The summed E-state index contributed by atoms with van der Waals surface area (Å²) in [7, 11) is 0. The predicted octanol–water partition coefficient (Wildman–Crippen LogP) is 3.18. The summed E-state index contributed by atoms with van der Waals surface area (Å²) in [5.41, 5.74) is -0.575. The molecule has 22 heavy (non-hydrogen) atoms. The number of ether oxygens (including phenoxy) is 1. The SMILES string of the molecule is CC(C)(C)OC(=O)N1CCC[C@@H]1C(=O)Nc1ccc(Br)cn1. The third kappa shape index (κ3) is 4.43. The van der Waals surface area contributed by atoms with Crippen LogP contribution in [0.5, 0.6) is 0 Å². The molecule has 6 nitrogen and oxygen atoms in total. The Hall–Kier alpha value is -1.63. The molecule has 1 aliphatic rings. The number of likely N-dealkylation sites (tertiary alicyclic amines) is 1. The van der Waals surface area contributed by atoms with Gasteiger partial charge in [0.25, 0.3) is 0 Å². The monoisotopic (exact) mass is 369 g/mol. The molecule has 120 valence electrons. The first-order valence-corrected chi connectivity index (χ1v) is 7.97. The maximum Gasteiger partial charge on any atom is 0.410 e. The van der Waals surface area contributed by atoms with Crippen LogP contribution in [0.2, 0.25) is 0 Å². The molecule has 0 saturated carbocycles. The van der Waals surface area contributed by atoms with Gasteiger partial charge in [0.2, 0.25) is 5.91 Å². The number of pyridine rings is 1. The summed E-state index contributed by atoms with van der Waals surface area (Å²) in [6.45, 7) is 5.95. The van der Waals surface area contributed by atoms with Gasteiger partial charge in [-0.3, -0.25) is 9.69 Å². The topological polar surface area (TPSA) is 71.5 Å². The molecule has 1 aromatic rings. The number of rotatable bonds is 2. The Morgan fingerprint density at radius 1 is 1.41 bits per heavy atom. The van der Waals surface area contributed by atoms with Gasteiger partial charge in [-0.05, 0) is 61.7 Å². The molecule has 0 unspecified atom stereocenters. The molecule has 7 heteroatoms. The number of nitrogens with one attached hydrogen (secondary N) is 1. The summed E-state index contributed by atoms with van der Waals surface area (Å²) in [5.74, 6) is 0.224. The smallest absolute Gasteiger partial charge is 0.410 e. The Labute approximate surface area is 138 Å². The van der Waals surface area contributed by atoms with Gasteiger partial charge in [0, 0.05) is 17.2 Å². The molecule has 1 atom stereocenters. The second-order valence-corrected chi connectivity index (χ2v) is 7.10. The quantitative estimate of drug-likeness (QED) is 0.868. The molecule has 2 amide bonds. The maximum atomic E-state index is 12.4. The van der Waals surface area contributed by atoms with E-state index in [4.69, 9.17) is 4.74 Å². The van der Waals surface area contributed by atoms with Crippen LogP contribution < -0.4 is 5.32 Å². The second-order valence-electron chi connectivity index (χ2n) is 6.18. The van der Waals surface area contributed by atoms with E-state index in [-0.39, 0.29) is 5.91 Å². The van der Waals surface area contributed by atoms with Crippen molar-refractivity contribution >= 4 is 33.7 Å². The zero-order valence-electron chi connectivity index (χ0n) is 12.9. The lowest BCUT2D eigenvalue weighted by atomic mass is 10.2. The summed E-state index contributed by atoms with van der Waals surface area (Å²) in [6.07, 6.45) is 2.57. The van der Waals surface area contributed by atoms with Crippen LogP contribution in [0.4, 0.5) is 10.6 Å². The number of hydrogen-bond acceptors (Lipinski definition) is 4. The van der Waals surface area contributed by atoms with E-state index in [2.05, 4.69) is 26.2 Å². The second kappa shape index (κ2) is 6.64. The fourth-order valence-electron chi connectivity index (χ4n) is 2.24. The molecule has 0 radical (unpaired) electrons. The van der Waals surface area contributed by atoms with E-state index < -0.39 is 17.7 Å². The Balaban J connectivity index is 2.01. The first-order valence-electron chi connectivity index (χ1n) is 7.18. The van der Waals surface area contributed by atoms with Gasteiger partial charge in [0.15, 0.2) is 0 Å². The fourth-order valence-corrected chi connectivity index (χ4v) is 2.47. The number of hydrogen-bond donors (Lipinski definition) is 1. The number of anilines is 1. The van der Waals surface area contributed by atoms with Crippen LogP contribution in [-0.2, 0) is 9.53 Å². The number of aromatic nitrogens is 1. The number of amides is 2. The van der Waals surface area contributed by atoms with Crippen molar-refractivity contribution in [2.75, 3.05) is 11.9 Å². The van der Waals surface area contributed by atoms with Gasteiger partial charge in [-0.2, -0.15) is 0 Å². The molecule has 1 fully saturated rings. The zero-order valence-corrected chi connectivity index (χ0v) is 14.5. The third-order valence-electron chi connectivity index (χ3n) is 3.16. The minimum atomic E-state index is -0.575. The van der Waals surface area contributed by atoms with E-state index in [0.29, 0.717) is 18.8 Å². The van der Waals surface area contributed by atoms with Gasteiger partial charge in [-0.15, -0.1) is 0 Å². The van der Waals surface area contributed by atoms with Crippen LogP contribution in [0, 0.1) is 0 Å². The highest BCUT2D eigenvalue weighted by Gasteiger charge is 2.36. The average molecular weight is 370 g/mol. The normalized spacial score (nSPS) is 18.2. The minimum absolute atomic E-state index is 0.238. The van der Waals surface area contributed by atoms with Crippen molar-refractivity contribution in [3.8, 4) is 0 Å². The third-order valence-corrected chi connectivity index (χ3v) is 3.63. The number of carbonyl (C=O) groups is 2. The molecule has 1 N–H and O–H groups in total. The summed E-state index contributed by atoms with van der Waals surface area (Å²) in [4.78, 5) is 30.1. The first kappa shape index (κ1) is 16.7. The highest BCUT2D eigenvalue weighted by Crippen LogP contribution is 2.22. The fraction of sp³-hybridized carbons (Fsp3) is 0.533. The predicted molar refractivity (Wildman–Crippen MR) is 86.5 cm³/mol. The van der Waals surface area contributed by atoms with Crippen LogP contribution in [0.1, 0.15) is 33.6 Å². The molecular weight excluding hydrogens is 350 g/mol. The maximum absolute atomic E-state index is 12.4. The van der Waals surface area contributed by atoms with Gasteiger partial charge < -0.3 is 10.1 Å². The van der Waals surface area contributed by atoms with Gasteiger partial charge >= 0.3 is 6.09 Å². The molecule has 1 saturated heterocycles. The van der Waals surface area contributed by atoms with Crippen LogP contribution >= 0.6 is 15.9 Å². The molecule has 0 aromatic carbocycles. The first-order chi connectivity index (χ1) is 10.3. The summed E-state index contributed by atoms with van der Waals surface area (Å²) < 4.78 is 6.19. The van der Waals surface area contributed by atoms with E-state index in [1.807, 2.05) is 20.8 Å². The van der Waals surface area contributed by atoms with Crippen LogP contribution in [0.25, 0.3) is 0 Å². The van der Waals surface area contributed by atoms with E-state index in [1.54, 1.807) is 18.3 Å². The van der Waals surface area contributed by atoms with Gasteiger partial charge in [-0.25, -0.2) is 9.78 Å². The largest absolute Gasteiger partial charge is 0.444 e. The molecule has 0 aliphatic carbocycles. The van der Waals surface area contributed by atoms with Crippen LogP contribution in [0.15, 0.2) is 22.8 Å². The molecule has 2 rings (SSSR count). The zero-order chi connectivity index (χ0) is 16.3. The molecule has 1 aromatic heterocycles. The Bertz CT molecular complexity index is 554. The summed E-state index contributed by atoms with van der Waals surface area (Å²) in [5, 5.41) is 2.74. The Kier molecular flexibility index (Phi) is 5.05. The average Bonchev–Trinajstić information content (AvgIpc) is 2.89. The lowest BCUT2D eigenvalue weighted by molar-refractivity contribution is -0.120. The Morgan fingerprint density at radius 2 is 2.14 bits per heavy atom. The lowest BCUT2D eigenvalue weighted by Gasteiger charge is -2.27. The van der Waals surface area contributed by atoms with Crippen molar-refractivity contribution in [1.82, 2.24) is 9.88 Å². The highest BCUT2D eigenvalue weighted by atomic mass is 79.9. The van der Waals surface area contributed by atoms with E-state index in [0.717, 1.165) is 10.9 Å². The van der Waals surface area contributed by atoms with Gasteiger partial charge in [-0.1, -0.05) is 0 Å². The molecule has 1 aliphatic heterocycles. The van der Waals surface area contributed by atoms with Crippen molar-refractivity contribution in [1.29, 1.82) is 0 Å². The van der Waals surface area contributed by atoms with Gasteiger partial charge in [0.1, 0.15) is 17.5 Å². The van der Waals surface area contributed by atoms with Crippen molar-refractivity contribution in [3.63, 3.8) is 0 Å².